The van der Waals surface area contributed by atoms with Gasteiger partial charge in [-0.2, -0.15) is 8.42 Å². The number of carbonyl (C=O) groups excluding carboxylic acids is 1. The van der Waals surface area contributed by atoms with Gasteiger partial charge in [-0.3, -0.25) is 9.35 Å². The van der Waals surface area contributed by atoms with Gasteiger partial charge < -0.3 is 34.3 Å². The van der Waals surface area contributed by atoms with Crippen LogP contribution in [-0.2, 0) is 38.3 Å². The third-order valence-electron chi connectivity index (χ3n) is 12.4. The Morgan fingerprint density at radius 3 is 1.45 bits per heavy atom. The zero-order chi connectivity index (χ0) is 50.3. The summed E-state index contributed by atoms with van der Waals surface area (Å²) in [5, 5.41) is 30.8. The number of allylic oxidation sites excluding steroid dienone is 10. The number of ether oxygens (including phenoxy) is 4. The summed E-state index contributed by atoms with van der Waals surface area (Å²) in [6, 6.07) is 0. The van der Waals surface area contributed by atoms with E-state index < -0.39 is 59.8 Å². The van der Waals surface area contributed by atoms with Gasteiger partial charge in [-0.05, 0) is 57.8 Å². The van der Waals surface area contributed by atoms with Gasteiger partial charge in [0.25, 0.3) is 0 Å². The first-order valence-electron chi connectivity index (χ1n) is 27.5. The maximum absolute atomic E-state index is 12.9. The van der Waals surface area contributed by atoms with Gasteiger partial charge in [-0.1, -0.05) is 222 Å². The van der Waals surface area contributed by atoms with E-state index in [1.807, 2.05) is 0 Å². The Kier molecular flexibility index (Phi) is 44.0. The highest BCUT2D eigenvalue weighted by molar-refractivity contribution is 7.80. The quantitative estimate of drug-likeness (QED) is 0.0197. The second-order valence-electron chi connectivity index (χ2n) is 18.8. The van der Waals surface area contributed by atoms with Gasteiger partial charge in [0.1, 0.15) is 30.5 Å². The third-order valence-corrected chi connectivity index (χ3v) is 12.9. The number of rotatable bonds is 48. The van der Waals surface area contributed by atoms with E-state index in [9.17, 15) is 33.1 Å². The maximum Gasteiger partial charge on any atom is 0.397 e. The van der Waals surface area contributed by atoms with Crippen LogP contribution in [0.25, 0.3) is 0 Å². The number of hydrogen-bond acceptors (Lipinski definition) is 11. The van der Waals surface area contributed by atoms with Gasteiger partial charge >= 0.3 is 16.4 Å². The fraction of sp³-hybridized carbons (Fsp3) is 0.804. The monoisotopic (exact) mass is 997 g/mol. The lowest BCUT2D eigenvalue weighted by Crippen LogP contribution is -2.60. The summed E-state index contributed by atoms with van der Waals surface area (Å²) in [6.45, 7) is 3.87. The summed E-state index contributed by atoms with van der Waals surface area (Å²) in [5.41, 5.74) is 0. The van der Waals surface area contributed by atoms with E-state index in [0.717, 1.165) is 70.6 Å². The standard InChI is InChI=1S/C56H100O12S/c1-3-5-7-9-11-13-15-17-19-21-23-24-25-26-28-30-32-34-36-38-40-42-44-46-64-48-50(49-65-56-54(60)55(68-69(61,62)63)53(59)51(47-57)67-56)66-52(58)45-43-41-39-37-35-33-31-29-27-22-20-18-16-14-12-10-8-6-4-2/h6,8,12,14,18,20,27,29,33,35,50-51,53-57,59-60H,3-5,7,9-11,13,15-17,19,21-26,28,30-32,34,36-49H2,1-2H3,(H,61,62,63)/b8-6-,14-12-,20-18-,29-27-,35-33-. The lowest BCUT2D eigenvalue weighted by molar-refractivity contribution is -0.301. The van der Waals surface area contributed by atoms with Crippen molar-refractivity contribution in [2.45, 2.75) is 263 Å². The Hall–Kier alpha value is -2.20. The average Bonchev–Trinajstić information content (AvgIpc) is 3.32. The summed E-state index contributed by atoms with van der Waals surface area (Å²) < 4.78 is 59.3. The molecule has 12 nitrogen and oxygen atoms in total. The molecule has 0 amide bonds. The van der Waals surface area contributed by atoms with Crippen LogP contribution in [0.2, 0.25) is 0 Å². The summed E-state index contributed by atoms with van der Waals surface area (Å²) in [6.07, 6.45) is 51.2. The van der Waals surface area contributed by atoms with Crippen molar-refractivity contribution in [1.29, 1.82) is 0 Å². The molecule has 1 rings (SSSR count). The molecule has 1 aliphatic heterocycles. The Morgan fingerprint density at radius 1 is 0.565 bits per heavy atom. The number of esters is 1. The normalized spacial score (nSPS) is 19.7. The van der Waals surface area contributed by atoms with Crippen LogP contribution in [0.4, 0.5) is 0 Å². The molecule has 0 aromatic carbocycles. The van der Waals surface area contributed by atoms with E-state index in [2.05, 4.69) is 78.8 Å². The van der Waals surface area contributed by atoms with Gasteiger partial charge in [-0.15, -0.1) is 0 Å². The first-order chi connectivity index (χ1) is 33.6. The molecule has 4 N–H and O–H groups in total. The van der Waals surface area contributed by atoms with E-state index in [0.29, 0.717) is 13.0 Å². The van der Waals surface area contributed by atoms with Crippen LogP contribution in [0.15, 0.2) is 60.8 Å². The number of hydrogen-bond donors (Lipinski definition) is 4. The van der Waals surface area contributed by atoms with E-state index >= 15 is 0 Å². The summed E-state index contributed by atoms with van der Waals surface area (Å²) in [4.78, 5) is 12.9. The van der Waals surface area contributed by atoms with Crippen LogP contribution < -0.4 is 0 Å². The van der Waals surface area contributed by atoms with Crippen LogP contribution in [-0.4, -0.2) is 97.5 Å². The zero-order valence-electron chi connectivity index (χ0n) is 43.4. The lowest BCUT2D eigenvalue weighted by Gasteiger charge is -2.41. The predicted molar refractivity (Wildman–Crippen MR) is 280 cm³/mol. The molecule has 1 fully saturated rings. The second kappa shape index (κ2) is 46.8. The smallest absolute Gasteiger partial charge is 0.397 e. The fourth-order valence-electron chi connectivity index (χ4n) is 8.29. The van der Waals surface area contributed by atoms with Crippen LogP contribution >= 0.6 is 0 Å². The largest absolute Gasteiger partial charge is 0.457 e. The predicted octanol–water partition coefficient (Wildman–Crippen LogP) is 13.3. The van der Waals surface area contributed by atoms with Crippen LogP contribution in [0, 0.1) is 0 Å². The summed E-state index contributed by atoms with van der Waals surface area (Å²) >= 11 is 0. The van der Waals surface area contributed by atoms with Gasteiger partial charge in [0.05, 0.1) is 19.8 Å². The molecule has 1 heterocycles. The highest BCUT2D eigenvalue weighted by Crippen LogP contribution is 2.26. The van der Waals surface area contributed by atoms with Crippen molar-refractivity contribution in [1.82, 2.24) is 0 Å². The highest BCUT2D eigenvalue weighted by Gasteiger charge is 2.48. The summed E-state index contributed by atoms with van der Waals surface area (Å²) in [5.74, 6) is -0.428. The molecule has 1 saturated heterocycles. The fourth-order valence-corrected chi connectivity index (χ4v) is 8.80. The highest BCUT2D eigenvalue weighted by atomic mass is 32.3. The summed E-state index contributed by atoms with van der Waals surface area (Å²) in [7, 11) is -5.07. The molecular weight excluding hydrogens is 897 g/mol. The van der Waals surface area contributed by atoms with Crippen molar-refractivity contribution in [3.63, 3.8) is 0 Å². The first kappa shape index (κ1) is 64.8. The van der Waals surface area contributed by atoms with E-state index in [1.54, 1.807) is 0 Å². The number of unbranched alkanes of at least 4 members (excludes halogenated alkanes) is 25. The van der Waals surface area contributed by atoms with Crippen molar-refractivity contribution in [2.75, 3.05) is 26.4 Å². The number of aliphatic hydroxyl groups excluding tert-OH is 3. The molecule has 6 unspecified atom stereocenters. The molecule has 402 valence electrons. The SMILES string of the molecule is CC/C=C\C/C=C\C/C=C\C/C=C\C/C=C\CCCCCC(=O)OC(COCCCCCCCCCCCCCCCCCCCCCCCCC)COC1OC(CO)C(O)C(OS(=O)(=O)O)C1O. The molecule has 0 saturated carbocycles. The molecule has 1 aliphatic rings. The van der Waals surface area contributed by atoms with Crippen LogP contribution in [0.5, 0.6) is 0 Å². The molecule has 0 aliphatic carbocycles. The molecule has 0 aromatic heterocycles. The van der Waals surface area contributed by atoms with Gasteiger partial charge in [0, 0.05) is 13.0 Å². The Morgan fingerprint density at radius 2 is 1.00 bits per heavy atom. The minimum absolute atomic E-state index is 0.0228. The lowest BCUT2D eigenvalue weighted by atomic mass is 9.99. The van der Waals surface area contributed by atoms with Crippen LogP contribution in [0.1, 0.15) is 226 Å². The van der Waals surface area contributed by atoms with Crippen molar-refractivity contribution in [2.24, 2.45) is 0 Å². The molecule has 0 bridgehead atoms. The molecule has 69 heavy (non-hydrogen) atoms. The average molecular weight is 997 g/mol. The molecule has 13 heteroatoms. The maximum atomic E-state index is 12.9. The zero-order valence-corrected chi connectivity index (χ0v) is 44.2. The molecule has 0 aromatic rings. The Bertz CT molecular complexity index is 1430. The van der Waals surface area contributed by atoms with Crippen molar-refractivity contribution in [3.8, 4) is 0 Å². The van der Waals surface area contributed by atoms with Gasteiger partial charge in [0.2, 0.25) is 0 Å². The molecule has 0 spiro atoms. The Balaban J connectivity index is 2.34. The van der Waals surface area contributed by atoms with Gasteiger partial charge in [0.15, 0.2) is 6.29 Å². The molecular formula is C56H100O12S. The second-order valence-corrected chi connectivity index (χ2v) is 19.8. The number of carbonyl (C=O) groups is 1. The van der Waals surface area contributed by atoms with E-state index in [-0.39, 0.29) is 19.6 Å². The number of aliphatic hydroxyl groups is 3. The van der Waals surface area contributed by atoms with Crippen molar-refractivity contribution in [3.05, 3.63) is 60.8 Å². The minimum Gasteiger partial charge on any atom is -0.457 e. The van der Waals surface area contributed by atoms with Gasteiger partial charge in [-0.25, -0.2) is 4.18 Å². The van der Waals surface area contributed by atoms with Crippen LogP contribution in [0.3, 0.4) is 0 Å². The molecule has 6 atom stereocenters. The van der Waals surface area contributed by atoms with E-state index in [4.69, 9.17) is 18.9 Å². The molecule has 0 radical (unpaired) electrons. The Labute approximate surface area is 420 Å². The topological polar surface area (TPSA) is 178 Å². The van der Waals surface area contributed by atoms with Crippen molar-refractivity contribution >= 4 is 16.4 Å². The van der Waals surface area contributed by atoms with Crippen molar-refractivity contribution < 1.29 is 56.2 Å². The minimum atomic E-state index is -5.07. The van der Waals surface area contributed by atoms with E-state index in [1.165, 1.54) is 128 Å². The third kappa shape index (κ3) is 40.0. The first-order valence-corrected chi connectivity index (χ1v) is 28.9.